The van der Waals surface area contributed by atoms with E-state index in [9.17, 15) is 9.59 Å². The molecule has 2 aromatic carbocycles. The highest BCUT2D eigenvalue weighted by Gasteiger charge is 2.34. The quantitative estimate of drug-likeness (QED) is 0.818. The minimum absolute atomic E-state index is 0.0674. The number of para-hydroxylation sites is 1. The largest absolute Gasteiger partial charge is 0.449 e. The molecule has 23 heavy (non-hydrogen) atoms. The van der Waals surface area contributed by atoms with Crippen LogP contribution >= 0.6 is 0 Å². The van der Waals surface area contributed by atoms with Crippen molar-refractivity contribution in [1.29, 1.82) is 0 Å². The molecule has 0 radical (unpaired) electrons. The normalized spacial score (nSPS) is 17.5. The Kier molecular flexibility index (Phi) is 4.15. The number of carbonyl (C=O) groups excluding carboxylic acids is 2. The van der Waals surface area contributed by atoms with Crippen molar-refractivity contribution in [3.63, 3.8) is 0 Å². The molecule has 0 aliphatic carbocycles. The lowest BCUT2D eigenvalue weighted by Crippen LogP contribution is -2.43. The molecule has 2 aromatic rings. The SMILES string of the molecule is C[C@@H]1Cc2ccccc2N1C(=O)[C@@H](C)OC(=O)c1ccccc1. The van der Waals surface area contributed by atoms with Crippen LogP contribution in [0.3, 0.4) is 0 Å². The van der Waals surface area contributed by atoms with Gasteiger partial charge in [-0.15, -0.1) is 0 Å². The number of ether oxygens (including phenoxy) is 1. The number of rotatable bonds is 3. The maximum absolute atomic E-state index is 12.7. The first-order valence-electron chi connectivity index (χ1n) is 7.75. The smallest absolute Gasteiger partial charge is 0.338 e. The topological polar surface area (TPSA) is 46.6 Å². The lowest BCUT2D eigenvalue weighted by molar-refractivity contribution is -0.126. The van der Waals surface area contributed by atoms with Crippen LogP contribution in [0.5, 0.6) is 0 Å². The van der Waals surface area contributed by atoms with Gasteiger partial charge in [0.2, 0.25) is 0 Å². The summed E-state index contributed by atoms with van der Waals surface area (Å²) in [7, 11) is 0. The fraction of sp³-hybridized carbons (Fsp3) is 0.263. The second-order valence-corrected chi connectivity index (χ2v) is 5.80. The van der Waals surface area contributed by atoms with E-state index in [0.717, 1.165) is 17.7 Å². The lowest BCUT2D eigenvalue weighted by Gasteiger charge is -2.25. The van der Waals surface area contributed by atoms with E-state index in [1.54, 1.807) is 36.1 Å². The van der Waals surface area contributed by atoms with Gasteiger partial charge in [-0.1, -0.05) is 36.4 Å². The van der Waals surface area contributed by atoms with E-state index in [0.29, 0.717) is 5.56 Å². The first kappa shape index (κ1) is 15.3. The molecule has 0 aromatic heterocycles. The third-order valence-corrected chi connectivity index (χ3v) is 4.09. The molecule has 0 spiro atoms. The monoisotopic (exact) mass is 309 g/mol. The van der Waals surface area contributed by atoms with Gasteiger partial charge < -0.3 is 9.64 Å². The number of esters is 1. The highest BCUT2D eigenvalue weighted by Crippen LogP contribution is 2.32. The molecule has 1 aliphatic rings. The molecule has 1 aliphatic heterocycles. The number of nitrogens with zero attached hydrogens (tertiary/aromatic N) is 1. The van der Waals surface area contributed by atoms with Gasteiger partial charge in [-0.25, -0.2) is 4.79 Å². The summed E-state index contributed by atoms with van der Waals surface area (Å²) < 4.78 is 5.34. The zero-order valence-electron chi connectivity index (χ0n) is 13.2. The highest BCUT2D eigenvalue weighted by atomic mass is 16.5. The number of amides is 1. The van der Waals surface area contributed by atoms with Crippen molar-refractivity contribution >= 4 is 17.6 Å². The number of hydrogen-bond donors (Lipinski definition) is 0. The Labute approximate surface area is 135 Å². The van der Waals surface area contributed by atoms with Crippen molar-refractivity contribution in [1.82, 2.24) is 0 Å². The van der Waals surface area contributed by atoms with E-state index in [2.05, 4.69) is 0 Å². The van der Waals surface area contributed by atoms with Crippen molar-refractivity contribution in [3.8, 4) is 0 Å². The molecule has 0 bridgehead atoms. The summed E-state index contributed by atoms with van der Waals surface area (Å²) >= 11 is 0. The van der Waals surface area contributed by atoms with E-state index in [1.165, 1.54) is 0 Å². The van der Waals surface area contributed by atoms with Crippen molar-refractivity contribution in [3.05, 3.63) is 65.7 Å². The summed E-state index contributed by atoms with van der Waals surface area (Å²) in [6.07, 6.45) is -0.00216. The second kappa shape index (κ2) is 6.24. The van der Waals surface area contributed by atoms with Crippen molar-refractivity contribution < 1.29 is 14.3 Å². The summed E-state index contributed by atoms with van der Waals surface area (Å²) in [4.78, 5) is 26.6. The molecule has 1 heterocycles. The average molecular weight is 309 g/mol. The Bertz CT molecular complexity index is 726. The van der Waals surface area contributed by atoms with Crippen LogP contribution in [-0.4, -0.2) is 24.0 Å². The predicted octanol–water partition coefficient (Wildman–Crippen LogP) is 3.21. The molecule has 1 amide bonds. The lowest BCUT2D eigenvalue weighted by atomic mass is 10.1. The van der Waals surface area contributed by atoms with E-state index in [1.807, 2.05) is 37.3 Å². The Balaban J connectivity index is 1.74. The summed E-state index contributed by atoms with van der Waals surface area (Å²) in [6.45, 7) is 3.63. The van der Waals surface area contributed by atoms with Gasteiger partial charge in [0.1, 0.15) is 0 Å². The molecule has 0 saturated carbocycles. The molecule has 2 atom stereocenters. The van der Waals surface area contributed by atoms with E-state index in [4.69, 9.17) is 4.74 Å². The Hall–Kier alpha value is -2.62. The van der Waals surface area contributed by atoms with Crippen LogP contribution in [0.4, 0.5) is 5.69 Å². The Morgan fingerprint density at radius 3 is 2.48 bits per heavy atom. The zero-order valence-corrected chi connectivity index (χ0v) is 13.2. The average Bonchev–Trinajstić information content (AvgIpc) is 2.90. The fourth-order valence-corrected chi connectivity index (χ4v) is 2.95. The van der Waals surface area contributed by atoms with Gasteiger partial charge in [-0.3, -0.25) is 4.79 Å². The van der Waals surface area contributed by atoms with Gasteiger partial charge in [0.05, 0.1) is 5.56 Å². The Morgan fingerprint density at radius 1 is 1.09 bits per heavy atom. The van der Waals surface area contributed by atoms with Crippen LogP contribution in [0.15, 0.2) is 54.6 Å². The third kappa shape index (κ3) is 2.97. The van der Waals surface area contributed by atoms with Crippen LogP contribution in [0.25, 0.3) is 0 Å². The number of benzene rings is 2. The molecule has 0 fully saturated rings. The van der Waals surface area contributed by atoms with Crippen LogP contribution in [-0.2, 0) is 16.0 Å². The summed E-state index contributed by atoms with van der Waals surface area (Å²) in [6, 6.07) is 16.6. The van der Waals surface area contributed by atoms with E-state index in [-0.39, 0.29) is 11.9 Å². The minimum Gasteiger partial charge on any atom is -0.449 e. The third-order valence-electron chi connectivity index (χ3n) is 4.09. The van der Waals surface area contributed by atoms with Crippen molar-refractivity contribution in [2.75, 3.05) is 4.90 Å². The van der Waals surface area contributed by atoms with Crippen molar-refractivity contribution in [2.24, 2.45) is 0 Å². The summed E-state index contributed by atoms with van der Waals surface area (Å²) in [5.41, 5.74) is 2.50. The van der Waals surface area contributed by atoms with Gasteiger partial charge in [0, 0.05) is 11.7 Å². The fourth-order valence-electron chi connectivity index (χ4n) is 2.95. The number of fused-ring (bicyclic) bond motifs is 1. The summed E-state index contributed by atoms with van der Waals surface area (Å²) in [5, 5.41) is 0. The molecule has 4 nitrogen and oxygen atoms in total. The van der Waals surface area contributed by atoms with Gasteiger partial charge >= 0.3 is 5.97 Å². The molecular formula is C19H19NO3. The molecule has 4 heteroatoms. The van der Waals surface area contributed by atoms with Gasteiger partial charge in [-0.05, 0) is 44.0 Å². The first-order chi connectivity index (χ1) is 11.1. The van der Waals surface area contributed by atoms with Crippen LogP contribution in [0, 0.1) is 0 Å². The molecule has 0 unspecified atom stereocenters. The van der Waals surface area contributed by atoms with Crippen LogP contribution < -0.4 is 4.90 Å². The highest BCUT2D eigenvalue weighted by molar-refractivity contribution is 6.00. The molecular weight excluding hydrogens is 290 g/mol. The number of hydrogen-bond acceptors (Lipinski definition) is 3. The zero-order chi connectivity index (χ0) is 16.4. The molecule has 118 valence electrons. The molecule has 3 rings (SSSR count). The maximum Gasteiger partial charge on any atom is 0.338 e. The van der Waals surface area contributed by atoms with Gasteiger partial charge in [0.25, 0.3) is 5.91 Å². The number of anilines is 1. The van der Waals surface area contributed by atoms with Gasteiger partial charge in [-0.2, -0.15) is 0 Å². The van der Waals surface area contributed by atoms with E-state index >= 15 is 0 Å². The second-order valence-electron chi connectivity index (χ2n) is 5.80. The van der Waals surface area contributed by atoms with E-state index < -0.39 is 12.1 Å². The first-order valence-corrected chi connectivity index (χ1v) is 7.75. The molecule has 0 saturated heterocycles. The van der Waals surface area contributed by atoms with Crippen LogP contribution in [0.1, 0.15) is 29.8 Å². The van der Waals surface area contributed by atoms with Crippen molar-refractivity contribution in [2.45, 2.75) is 32.4 Å². The standard InChI is InChI=1S/C19H19NO3/c1-13-12-16-10-6-7-11-17(16)20(13)18(21)14(2)23-19(22)15-8-4-3-5-9-15/h3-11,13-14H,12H2,1-2H3/t13-,14-/m1/s1. The summed E-state index contributed by atoms with van der Waals surface area (Å²) in [5.74, 6) is -0.668. The molecule has 0 N–H and O–H groups in total. The Morgan fingerprint density at radius 2 is 1.74 bits per heavy atom. The number of carbonyl (C=O) groups is 2. The minimum atomic E-state index is -0.823. The van der Waals surface area contributed by atoms with Gasteiger partial charge in [0.15, 0.2) is 6.10 Å². The maximum atomic E-state index is 12.7. The predicted molar refractivity (Wildman–Crippen MR) is 88.4 cm³/mol. The van der Waals surface area contributed by atoms with Crippen LogP contribution in [0.2, 0.25) is 0 Å².